The molecule has 0 saturated heterocycles. The molecule has 0 amide bonds. The first kappa shape index (κ1) is 13.7. The molecule has 0 unspecified atom stereocenters. The van der Waals surface area contributed by atoms with Gasteiger partial charge in [0.1, 0.15) is 11.5 Å². The van der Waals surface area contributed by atoms with E-state index in [2.05, 4.69) is 6.92 Å². The van der Waals surface area contributed by atoms with Crippen LogP contribution in [0.25, 0.3) is 11.1 Å². The number of ketones is 1. The summed E-state index contributed by atoms with van der Waals surface area (Å²) in [5.41, 5.74) is 3.01. The van der Waals surface area contributed by atoms with Crippen molar-refractivity contribution in [3.05, 3.63) is 47.5 Å². The van der Waals surface area contributed by atoms with Gasteiger partial charge in [-0.1, -0.05) is 19.8 Å². The van der Waals surface area contributed by atoms with Crippen LogP contribution in [0.15, 0.2) is 36.4 Å². The van der Waals surface area contributed by atoms with Gasteiger partial charge in [0.2, 0.25) is 0 Å². The second-order valence-corrected chi connectivity index (χ2v) is 5.32. The molecule has 1 N–H and O–H groups in total. The topological polar surface area (TPSA) is 46.5 Å². The van der Waals surface area contributed by atoms with Gasteiger partial charge in [0, 0.05) is 11.1 Å². The van der Waals surface area contributed by atoms with Gasteiger partial charge in [-0.25, -0.2) is 0 Å². The number of aromatic hydroxyl groups is 1. The third kappa shape index (κ3) is 2.51. The van der Waals surface area contributed by atoms with E-state index in [4.69, 9.17) is 4.74 Å². The van der Waals surface area contributed by atoms with Crippen LogP contribution in [0.5, 0.6) is 11.5 Å². The maximum Gasteiger partial charge on any atom is 0.194 e. The molecular weight excluding hydrogens is 264 g/mol. The minimum atomic E-state index is -0.0464. The normalized spacial score (nSPS) is 12.1. The van der Waals surface area contributed by atoms with E-state index in [1.54, 1.807) is 18.2 Å². The second kappa shape index (κ2) is 5.60. The number of hydrogen-bond acceptors (Lipinski definition) is 3. The van der Waals surface area contributed by atoms with Crippen molar-refractivity contribution in [3.8, 4) is 22.6 Å². The molecule has 3 rings (SSSR count). The molecule has 108 valence electrons. The molecule has 0 spiro atoms. The molecular formula is C18H18O3. The Hall–Kier alpha value is -2.29. The smallest absolute Gasteiger partial charge is 0.194 e. The number of rotatable bonds is 5. The number of benzene rings is 2. The lowest BCUT2D eigenvalue weighted by Crippen LogP contribution is -1.99. The molecule has 21 heavy (non-hydrogen) atoms. The predicted octanol–water partition coefficient (Wildman–Crippen LogP) is 4.17. The maximum atomic E-state index is 12.4. The average Bonchev–Trinajstić information content (AvgIpc) is 2.76. The number of unbranched alkanes of at least 4 members (excludes halogenated alkanes) is 2. The highest BCUT2D eigenvalue weighted by atomic mass is 16.5. The first-order valence-corrected chi connectivity index (χ1v) is 7.35. The van der Waals surface area contributed by atoms with Gasteiger partial charge in [0.25, 0.3) is 0 Å². The van der Waals surface area contributed by atoms with Crippen molar-refractivity contribution in [3.63, 3.8) is 0 Å². The number of ether oxygens (including phenoxy) is 1. The lowest BCUT2D eigenvalue weighted by Gasteiger charge is -2.07. The summed E-state index contributed by atoms with van der Waals surface area (Å²) in [7, 11) is 0. The molecule has 0 aliphatic heterocycles. The summed E-state index contributed by atoms with van der Waals surface area (Å²) >= 11 is 0. The summed E-state index contributed by atoms with van der Waals surface area (Å²) in [4.78, 5) is 12.4. The van der Waals surface area contributed by atoms with E-state index in [-0.39, 0.29) is 11.5 Å². The molecule has 2 aromatic carbocycles. The van der Waals surface area contributed by atoms with Crippen LogP contribution in [0.2, 0.25) is 0 Å². The van der Waals surface area contributed by atoms with Crippen molar-refractivity contribution in [1.29, 1.82) is 0 Å². The molecule has 3 nitrogen and oxygen atoms in total. The van der Waals surface area contributed by atoms with Gasteiger partial charge in [-0.2, -0.15) is 0 Å². The first-order chi connectivity index (χ1) is 10.2. The van der Waals surface area contributed by atoms with Crippen LogP contribution in [0.4, 0.5) is 0 Å². The summed E-state index contributed by atoms with van der Waals surface area (Å²) in [5.74, 6) is 0.802. The van der Waals surface area contributed by atoms with Gasteiger partial charge in [-0.3, -0.25) is 4.79 Å². The highest BCUT2D eigenvalue weighted by Gasteiger charge is 2.27. The highest BCUT2D eigenvalue weighted by molar-refractivity contribution is 6.22. The summed E-state index contributed by atoms with van der Waals surface area (Å²) in [6.07, 6.45) is 3.33. The molecule has 0 fully saturated rings. The van der Waals surface area contributed by atoms with Crippen molar-refractivity contribution in [2.24, 2.45) is 0 Å². The number of carbonyl (C=O) groups excluding carboxylic acids is 1. The molecule has 0 bridgehead atoms. The monoisotopic (exact) mass is 282 g/mol. The minimum absolute atomic E-state index is 0.0464. The highest BCUT2D eigenvalue weighted by Crippen LogP contribution is 2.39. The zero-order valence-corrected chi connectivity index (χ0v) is 12.1. The van der Waals surface area contributed by atoms with Gasteiger partial charge < -0.3 is 9.84 Å². The molecule has 0 saturated carbocycles. The number of carbonyl (C=O) groups is 1. The standard InChI is InChI=1S/C18H18O3/c1-2-3-4-9-21-13-6-8-15-14-7-5-12(19)10-16(14)18(20)17(15)11-13/h5-8,10-11,19H,2-4,9H2,1H3. The van der Waals surface area contributed by atoms with Crippen molar-refractivity contribution < 1.29 is 14.6 Å². The summed E-state index contributed by atoms with van der Waals surface area (Å²) in [5, 5.41) is 9.54. The molecule has 1 aliphatic carbocycles. The fourth-order valence-corrected chi connectivity index (χ4v) is 2.68. The van der Waals surface area contributed by atoms with E-state index < -0.39 is 0 Å². The lowest BCUT2D eigenvalue weighted by atomic mass is 10.1. The van der Waals surface area contributed by atoms with E-state index in [0.29, 0.717) is 17.7 Å². The fourth-order valence-electron chi connectivity index (χ4n) is 2.68. The summed E-state index contributed by atoms with van der Waals surface area (Å²) in [6, 6.07) is 10.6. The Morgan fingerprint density at radius 2 is 1.67 bits per heavy atom. The Balaban J connectivity index is 1.85. The summed E-state index contributed by atoms with van der Waals surface area (Å²) in [6.45, 7) is 2.83. The van der Waals surface area contributed by atoms with E-state index in [1.807, 2.05) is 12.1 Å². The van der Waals surface area contributed by atoms with E-state index in [1.165, 1.54) is 6.07 Å². The van der Waals surface area contributed by atoms with Crippen molar-refractivity contribution in [2.75, 3.05) is 6.61 Å². The Morgan fingerprint density at radius 3 is 2.43 bits per heavy atom. The van der Waals surface area contributed by atoms with Crippen LogP contribution in [-0.4, -0.2) is 17.5 Å². The Labute approximate surface area is 124 Å². The van der Waals surface area contributed by atoms with Gasteiger partial charge >= 0.3 is 0 Å². The van der Waals surface area contributed by atoms with Gasteiger partial charge in [0.05, 0.1) is 6.61 Å². The fraction of sp³-hybridized carbons (Fsp3) is 0.278. The second-order valence-electron chi connectivity index (χ2n) is 5.32. The van der Waals surface area contributed by atoms with Crippen LogP contribution in [0, 0.1) is 0 Å². The molecule has 0 atom stereocenters. The SMILES string of the molecule is CCCCCOc1ccc2c(c1)C(=O)c1cc(O)ccc1-2. The van der Waals surface area contributed by atoms with E-state index in [9.17, 15) is 9.90 Å². The third-order valence-corrected chi connectivity index (χ3v) is 3.79. The van der Waals surface area contributed by atoms with E-state index >= 15 is 0 Å². The zero-order valence-electron chi connectivity index (χ0n) is 12.1. The van der Waals surface area contributed by atoms with Crippen molar-refractivity contribution in [2.45, 2.75) is 26.2 Å². The van der Waals surface area contributed by atoms with Crippen molar-refractivity contribution >= 4 is 5.78 Å². The van der Waals surface area contributed by atoms with Crippen LogP contribution in [0.3, 0.4) is 0 Å². The number of phenolic OH excluding ortho intramolecular Hbond substituents is 1. The van der Waals surface area contributed by atoms with Crippen LogP contribution >= 0.6 is 0 Å². The van der Waals surface area contributed by atoms with Crippen molar-refractivity contribution in [1.82, 2.24) is 0 Å². The van der Waals surface area contributed by atoms with Gasteiger partial charge in [0.15, 0.2) is 5.78 Å². The number of hydrogen-bond donors (Lipinski definition) is 1. The van der Waals surface area contributed by atoms with E-state index in [0.717, 1.165) is 36.1 Å². The quantitative estimate of drug-likeness (QED) is 0.714. The molecule has 2 aromatic rings. The van der Waals surface area contributed by atoms with Gasteiger partial charge in [-0.15, -0.1) is 0 Å². The van der Waals surface area contributed by atoms with Crippen LogP contribution < -0.4 is 4.74 Å². The van der Waals surface area contributed by atoms with Crippen LogP contribution in [0.1, 0.15) is 42.1 Å². The van der Waals surface area contributed by atoms with Crippen LogP contribution in [-0.2, 0) is 0 Å². The Kier molecular flexibility index (Phi) is 3.65. The number of fused-ring (bicyclic) bond motifs is 3. The minimum Gasteiger partial charge on any atom is -0.508 e. The summed E-state index contributed by atoms with van der Waals surface area (Å²) < 4.78 is 5.70. The Bertz CT molecular complexity index is 689. The number of phenols is 1. The first-order valence-electron chi connectivity index (χ1n) is 7.35. The Morgan fingerprint density at radius 1 is 0.952 bits per heavy atom. The third-order valence-electron chi connectivity index (χ3n) is 3.79. The van der Waals surface area contributed by atoms with Gasteiger partial charge in [-0.05, 0) is 53.9 Å². The molecule has 3 heteroatoms. The molecule has 0 aromatic heterocycles. The molecule has 1 aliphatic rings. The zero-order chi connectivity index (χ0) is 14.8. The molecule has 0 radical (unpaired) electrons. The maximum absolute atomic E-state index is 12.4. The lowest BCUT2D eigenvalue weighted by molar-refractivity contribution is 0.104. The average molecular weight is 282 g/mol. The molecule has 0 heterocycles. The predicted molar refractivity (Wildman–Crippen MR) is 82.0 cm³/mol. The largest absolute Gasteiger partial charge is 0.508 e.